The number of ether oxygens (including phenoxy) is 2. The summed E-state index contributed by atoms with van der Waals surface area (Å²) in [6.07, 6.45) is 28.8. The lowest BCUT2D eigenvalue weighted by atomic mass is 9.33. The van der Waals surface area contributed by atoms with Gasteiger partial charge in [0.2, 0.25) is 0 Å². The van der Waals surface area contributed by atoms with Crippen molar-refractivity contribution in [1.29, 1.82) is 0 Å². The summed E-state index contributed by atoms with van der Waals surface area (Å²) in [6.45, 7) is 37.3. The molecule has 11 rings (SSSR count). The van der Waals surface area contributed by atoms with Crippen molar-refractivity contribution in [2.75, 3.05) is 13.2 Å². The molecule has 0 aromatic carbocycles. The lowest BCUT2D eigenvalue weighted by Crippen LogP contribution is -2.65. The molecule has 10 aliphatic carbocycles. The van der Waals surface area contributed by atoms with Gasteiger partial charge in [-0.25, -0.2) is 4.79 Å². The van der Waals surface area contributed by atoms with Gasteiger partial charge >= 0.3 is 17.6 Å². The molecule has 0 spiro atoms. The number of allylic oxidation sites excluding steroid dienone is 4. The number of fused-ring (bicyclic) bond motifs is 14. The minimum Gasteiger partial charge on any atom is -0.465 e. The van der Waals surface area contributed by atoms with Crippen LogP contribution in [0.5, 0.6) is 0 Å². The summed E-state index contributed by atoms with van der Waals surface area (Å²) in [5.41, 5.74) is 2.58. The van der Waals surface area contributed by atoms with Gasteiger partial charge in [-0.1, -0.05) is 120 Å². The van der Waals surface area contributed by atoms with Crippen molar-refractivity contribution in [2.24, 2.45) is 100 Å². The first-order valence-corrected chi connectivity index (χ1v) is 34.1. The molecule has 2 N–H and O–H groups in total. The highest BCUT2D eigenvalue weighted by atomic mass is 16.5. The normalized spacial score (nSPS) is 44.3. The Hall–Kier alpha value is -2.98. The summed E-state index contributed by atoms with van der Waals surface area (Å²) >= 11 is 0. The number of rotatable bonds is 12. The molecular weight excluding hydrogens is 1030 g/mol. The molecule has 10 aliphatic rings. The van der Waals surface area contributed by atoms with E-state index in [1.54, 1.807) is 17.7 Å². The van der Waals surface area contributed by atoms with Crippen molar-refractivity contribution >= 4 is 11.9 Å². The van der Waals surface area contributed by atoms with E-state index in [0.717, 1.165) is 122 Å². The third-order valence-electron chi connectivity index (χ3n) is 29.5. The molecule has 1 aromatic heterocycles. The lowest BCUT2D eigenvalue weighted by Gasteiger charge is -2.71. The Balaban J connectivity index is 0.701. The molecule has 0 saturated heterocycles. The van der Waals surface area contributed by atoms with Crippen LogP contribution in [0, 0.1) is 107 Å². The SMILES string of the molecule is Cc1cn(CCCCOC(=O)[C@]23CCC(C)(C)C[C@H]2C2=CC[C@@H]4[C@@]5(C)CC[C@H](O)C(C)(C)[C@@H]5CC[C@@]4(C)[C@]2(C)CC3)c(=O)n(CCCCOC(=O)[C@]23CCC(C)(C)C[C@H]2C2=CC[C@@H]4[C@@]5(C)CC[C@H](O)C(C)(C)[C@@H]5CC[C@@]4(C)[C@]2(C)CC3)c1=O. The van der Waals surface area contributed by atoms with Crippen LogP contribution in [-0.4, -0.2) is 56.7 Å². The number of aromatic nitrogens is 2. The fraction of sp³-hybridized carbons (Fsp3) is 0.863. The zero-order chi connectivity index (χ0) is 60.1. The number of hydrogen-bond acceptors (Lipinski definition) is 8. The third-order valence-corrected chi connectivity index (χ3v) is 29.5. The van der Waals surface area contributed by atoms with E-state index in [1.807, 2.05) is 0 Å². The molecule has 8 saturated carbocycles. The highest BCUT2D eigenvalue weighted by Gasteiger charge is 2.72. The molecule has 10 nitrogen and oxygen atoms in total. The van der Waals surface area contributed by atoms with E-state index < -0.39 is 10.8 Å². The fourth-order valence-corrected chi connectivity index (χ4v) is 23.7. The Morgan fingerprint density at radius 1 is 0.518 bits per heavy atom. The van der Waals surface area contributed by atoms with Crippen LogP contribution >= 0.6 is 0 Å². The molecule has 16 atom stereocenters. The van der Waals surface area contributed by atoms with Gasteiger partial charge in [-0.15, -0.1) is 0 Å². The summed E-state index contributed by atoms with van der Waals surface area (Å²) in [5, 5.41) is 22.4. The Morgan fingerprint density at radius 2 is 0.928 bits per heavy atom. The van der Waals surface area contributed by atoms with E-state index in [0.29, 0.717) is 68.1 Å². The number of carbonyl (C=O) groups is 2. The second-order valence-electron chi connectivity index (χ2n) is 34.9. The average Bonchev–Trinajstić information content (AvgIpc) is 1.12. The van der Waals surface area contributed by atoms with Crippen LogP contribution < -0.4 is 11.2 Å². The molecule has 83 heavy (non-hydrogen) atoms. The van der Waals surface area contributed by atoms with Gasteiger partial charge in [0.15, 0.2) is 0 Å². The van der Waals surface area contributed by atoms with E-state index >= 15 is 0 Å². The Bertz CT molecular complexity index is 2900. The van der Waals surface area contributed by atoms with Crippen molar-refractivity contribution in [3.8, 4) is 0 Å². The summed E-state index contributed by atoms with van der Waals surface area (Å²) in [6, 6.07) is 0. The minimum absolute atomic E-state index is 0.00254. The predicted molar refractivity (Wildman–Crippen MR) is 330 cm³/mol. The first-order chi connectivity index (χ1) is 38.6. The van der Waals surface area contributed by atoms with Crippen molar-refractivity contribution in [3.63, 3.8) is 0 Å². The first kappa shape index (κ1) is 61.7. The second kappa shape index (κ2) is 20.5. The molecule has 0 bridgehead atoms. The van der Waals surface area contributed by atoms with Crippen LogP contribution in [0.1, 0.15) is 257 Å². The third kappa shape index (κ3) is 9.10. The van der Waals surface area contributed by atoms with Gasteiger partial charge in [0.05, 0.1) is 36.3 Å². The van der Waals surface area contributed by atoms with Crippen LogP contribution in [0.3, 0.4) is 0 Å². The van der Waals surface area contributed by atoms with Gasteiger partial charge in [0.25, 0.3) is 5.56 Å². The maximum atomic E-state index is 14.8. The molecule has 1 heterocycles. The minimum atomic E-state index is -0.539. The van der Waals surface area contributed by atoms with Gasteiger partial charge in [0, 0.05) is 24.8 Å². The number of aliphatic hydroxyl groups is 2. The number of hydrogen-bond donors (Lipinski definition) is 2. The maximum absolute atomic E-state index is 14.8. The average molecular weight is 1150 g/mol. The Morgan fingerprint density at radius 3 is 1.36 bits per heavy atom. The number of carbonyl (C=O) groups excluding carboxylic acids is 2. The molecular formula is C73H114N2O8. The van der Waals surface area contributed by atoms with E-state index in [2.05, 4.69) is 109 Å². The van der Waals surface area contributed by atoms with Gasteiger partial charge in [-0.3, -0.25) is 19.0 Å². The van der Waals surface area contributed by atoms with Gasteiger partial charge < -0.3 is 24.3 Å². The van der Waals surface area contributed by atoms with Gasteiger partial charge in [-0.2, -0.15) is 0 Å². The molecule has 0 radical (unpaired) electrons. The van der Waals surface area contributed by atoms with Crippen molar-refractivity contribution in [3.05, 3.63) is 55.9 Å². The highest BCUT2D eigenvalue weighted by molar-refractivity contribution is 5.79. The van der Waals surface area contributed by atoms with Gasteiger partial charge in [-0.05, 0) is 251 Å². The quantitative estimate of drug-likeness (QED) is 0.120. The standard InChI is InChI=1S/C73H114N2O8/c1-47-46-74(40-16-18-42-82-59(79)72-36-32-62(2,3)44-50(72)48-20-22-54-66(10)28-26-56(76)64(6,7)52(66)24-30-70(54,14)68(48,12)34-38-72)61(81)75(58(47)78)41-17-19-43-83-60(80)73-37-33-63(4,5)45-51(73)49-21-23-55-67(11)29-27-57(77)65(8,9)53(67)25-31-71(55,15)69(49,13)35-39-73/h20-21,46,50-57,76-77H,16-19,22-45H2,1-15H3/t50-,51-,52-,53-,54+,55+,56-,57-,66-,67-,68+,69+,70+,71+,72-,73-/m0/s1. The van der Waals surface area contributed by atoms with E-state index in [-0.39, 0.29) is 115 Å². The zero-order valence-corrected chi connectivity index (χ0v) is 54.9. The van der Waals surface area contributed by atoms with Crippen molar-refractivity contribution in [2.45, 2.75) is 283 Å². The zero-order valence-electron chi connectivity index (χ0n) is 54.9. The summed E-state index contributed by atoms with van der Waals surface area (Å²) in [4.78, 5) is 57.1. The molecule has 464 valence electrons. The number of esters is 2. The summed E-state index contributed by atoms with van der Waals surface area (Å²) < 4.78 is 15.8. The molecule has 0 amide bonds. The Kier molecular flexibility index (Phi) is 15.3. The smallest absolute Gasteiger partial charge is 0.330 e. The largest absolute Gasteiger partial charge is 0.465 e. The monoisotopic (exact) mass is 1150 g/mol. The van der Waals surface area contributed by atoms with E-state index in [4.69, 9.17) is 9.47 Å². The van der Waals surface area contributed by atoms with Crippen molar-refractivity contribution < 1.29 is 29.3 Å². The number of unbranched alkanes of at least 4 members (excludes halogenated alkanes) is 2. The fourth-order valence-electron chi connectivity index (χ4n) is 23.7. The van der Waals surface area contributed by atoms with Gasteiger partial charge in [0.1, 0.15) is 0 Å². The highest BCUT2D eigenvalue weighted by Crippen LogP contribution is 2.78. The summed E-state index contributed by atoms with van der Waals surface area (Å²) in [5.74, 6) is 2.31. The number of aliphatic hydroxyl groups excluding tert-OH is 2. The molecule has 1 aromatic rings. The predicted octanol–water partition coefficient (Wildman–Crippen LogP) is 15.3. The lowest BCUT2D eigenvalue weighted by molar-refractivity contribution is -0.206. The van der Waals surface area contributed by atoms with E-state index in [1.165, 1.54) is 22.1 Å². The van der Waals surface area contributed by atoms with E-state index in [9.17, 15) is 29.4 Å². The van der Waals surface area contributed by atoms with Crippen LogP contribution in [-0.2, 0) is 32.2 Å². The number of nitrogens with zero attached hydrogens (tertiary/aromatic N) is 2. The molecule has 10 heteroatoms. The van der Waals surface area contributed by atoms with Crippen molar-refractivity contribution in [1.82, 2.24) is 9.13 Å². The molecule has 8 fully saturated rings. The van der Waals surface area contributed by atoms with Crippen LogP contribution in [0.15, 0.2) is 39.1 Å². The number of aryl methyl sites for hydroxylation is 2. The summed E-state index contributed by atoms with van der Waals surface area (Å²) in [7, 11) is 0. The topological polar surface area (TPSA) is 137 Å². The molecule has 0 unspecified atom stereocenters. The maximum Gasteiger partial charge on any atom is 0.330 e. The first-order valence-electron chi connectivity index (χ1n) is 34.1. The van der Waals surface area contributed by atoms with Crippen LogP contribution in [0.2, 0.25) is 0 Å². The Labute approximate surface area is 500 Å². The van der Waals surface area contributed by atoms with Crippen LogP contribution in [0.4, 0.5) is 0 Å². The molecule has 0 aliphatic heterocycles. The second-order valence-corrected chi connectivity index (χ2v) is 34.9. The van der Waals surface area contributed by atoms with Crippen LogP contribution in [0.25, 0.3) is 0 Å².